The van der Waals surface area contributed by atoms with E-state index in [1.165, 1.54) is 6.42 Å². The molecule has 1 saturated carbocycles. The molecule has 0 aromatic heterocycles. The number of carbonyl (C=O) groups excluding carboxylic acids is 2. The number of rotatable bonds is 9. The molecule has 0 radical (unpaired) electrons. The number of nitrogens with two attached hydrogens (primary N) is 1. The van der Waals surface area contributed by atoms with Crippen molar-refractivity contribution in [3.8, 4) is 11.5 Å². The molecular formula is C29H32N4O3. The third kappa shape index (κ3) is 6.95. The second kappa shape index (κ2) is 12.0. The highest BCUT2D eigenvalue weighted by atomic mass is 16.5. The first-order chi connectivity index (χ1) is 17.5. The molecular weight excluding hydrogens is 452 g/mol. The molecule has 4 rings (SSSR count). The zero-order valence-electron chi connectivity index (χ0n) is 20.3. The van der Waals surface area contributed by atoms with Gasteiger partial charge in [-0.15, -0.1) is 0 Å². The normalized spacial score (nSPS) is 13.6. The first-order valence-electron chi connectivity index (χ1n) is 12.3. The van der Waals surface area contributed by atoms with E-state index in [9.17, 15) is 9.59 Å². The Hall–Kier alpha value is -4.13. The molecule has 3 aromatic rings. The number of benzene rings is 3. The molecule has 0 heterocycles. The Morgan fingerprint density at radius 1 is 0.861 bits per heavy atom. The van der Waals surface area contributed by atoms with E-state index in [4.69, 9.17) is 15.9 Å². The molecule has 4 N–H and O–H groups in total. The molecule has 0 unspecified atom stereocenters. The molecule has 0 bridgehead atoms. The molecule has 1 fully saturated rings. The van der Waals surface area contributed by atoms with E-state index in [1.807, 2.05) is 30.3 Å². The van der Waals surface area contributed by atoms with E-state index in [0.29, 0.717) is 35.0 Å². The van der Waals surface area contributed by atoms with Gasteiger partial charge in [-0.2, -0.15) is 0 Å². The fraction of sp³-hybridized carbons (Fsp3) is 0.276. The SMILES string of the molecule is N=C(N)c1ccc(NC(=O)CN(CC2CCCCC2)C(=O)c2ccc(Oc3ccccc3)cc2)cc1. The summed E-state index contributed by atoms with van der Waals surface area (Å²) in [6.07, 6.45) is 5.69. The minimum absolute atomic E-state index is 0.0303. The van der Waals surface area contributed by atoms with Gasteiger partial charge in [-0.3, -0.25) is 15.0 Å². The van der Waals surface area contributed by atoms with Gasteiger partial charge < -0.3 is 20.7 Å². The van der Waals surface area contributed by atoms with Crippen LogP contribution in [0.4, 0.5) is 5.69 Å². The van der Waals surface area contributed by atoms with E-state index in [-0.39, 0.29) is 24.2 Å². The number of para-hydroxylation sites is 1. The fourth-order valence-corrected chi connectivity index (χ4v) is 4.48. The van der Waals surface area contributed by atoms with E-state index in [2.05, 4.69) is 5.32 Å². The maximum absolute atomic E-state index is 13.5. The van der Waals surface area contributed by atoms with Crippen LogP contribution >= 0.6 is 0 Å². The molecule has 0 atom stereocenters. The van der Waals surface area contributed by atoms with Gasteiger partial charge in [0.1, 0.15) is 23.9 Å². The van der Waals surface area contributed by atoms with Crippen molar-refractivity contribution >= 4 is 23.3 Å². The number of ether oxygens (including phenoxy) is 1. The number of hydrogen-bond acceptors (Lipinski definition) is 4. The third-order valence-electron chi connectivity index (χ3n) is 6.38. The van der Waals surface area contributed by atoms with Crippen LogP contribution in [0.3, 0.4) is 0 Å². The van der Waals surface area contributed by atoms with Crippen LogP contribution < -0.4 is 15.8 Å². The summed E-state index contributed by atoms with van der Waals surface area (Å²) in [6, 6.07) is 23.3. The smallest absolute Gasteiger partial charge is 0.254 e. The Balaban J connectivity index is 1.44. The van der Waals surface area contributed by atoms with Gasteiger partial charge in [0.05, 0.1) is 0 Å². The Kier molecular flexibility index (Phi) is 8.34. The molecule has 36 heavy (non-hydrogen) atoms. The number of nitrogens with one attached hydrogen (secondary N) is 2. The van der Waals surface area contributed by atoms with E-state index < -0.39 is 0 Å². The van der Waals surface area contributed by atoms with Gasteiger partial charge in [-0.25, -0.2) is 0 Å². The molecule has 7 heteroatoms. The van der Waals surface area contributed by atoms with E-state index in [1.54, 1.807) is 53.4 Å². The minimum atomic E-state index is -0.265. The van der Waals surface area contributed by atoms with Crippen molar-refractivity contribution in [1.29, 1.82) is 5.41 Å². The zero-order chi connectivity index (χ0) is 25.3. The van der Waals surface area contributed by atoms with Crippen molar-refractivity contribution in [1.82, 2.24) is 4.90 Å². The Morgan fingerprint density at radius 2 is 1.47 bits per heavy atom. The van der Waals surface area contributed by atoms with Gasteiger partial charge in [0.15, 0.2) is 0 Å². The molecule has 1 aliphatic carbocycles. The molecule has 0 saturated heterocycles. The third-order valence-corrected chi connectivity index (χ3v) is 6.38. The number of hydrogen-bond donors (Lipinski definition) is 3. The summed E-state index contributed by atoms with van der Waals surface area (Å²) in [5.41, 5.74) is 7.20. The lowest BCUT2D eigenvalue weighted by Crippen LogP contribution is -2.41. The van der Waals surface area contributed by atoms with Gasteiger partial charge in [-0.05, 0) is 79.4 Å². The predicted octanol–water partition coefficient (Wildman–Crippen LogP) is 5.42. The van der Waals surface area contributed by atoms with E-state index in [0.717, 1.165) is 31.4 Å². The maximum Gasteiger partial charge on any atom is 0.254 e. The molecule has 0 aliphatic heterocycles. The fourth-order valence-electron chi connectivity index (χ4n) is 4.48. The van der Waals surface area contributed by atoms with Crippen LogP contribution in [0, 0.1) is 11.3 Å². The number of amides is 2. The number of anilines is 1. The quantitative estimate of drug-likeness (QED) is 0.278. The van der Waals surface area contributed by atoms with Gasteiger partial charge >= 0.3 is 0 Å². The van der Waals surface area contributed by atoms with Crippen molar-refractivity contribution in [2.45, 2.75) is 32.1 Å². The minimum Gasteiger partial charge on any atom is -0.457 e. The van der Waals surface area contributed by atoms with Gasteiger partial charge in [0.2, 0.25) is 5.91 Å². The van der Waals surface area contributed by atoms with Gasteiger partial charge in [0.25, 0.3) is 5.91 Å². The summed E-state index contributed by atoms with van der Waals surface area (Å²) in [7, 11) is 0. The van der Waals surface area contributed by atoms with Crippen molar-refractivity contribution in [3.05, 3.63) is 90.0 Å². The van der Waals surface area contributed by atoms with Crippen molar-refractivity contribution in [3.63, 3.8) is 0 Å². The number of amidine groups is 1. The monoisotopic (exact) mass is 484 g/mol. The van der Waals surface area contributed by atoms with Crippen LogP contribution in [0.2, 0.25) is 0 Å². The highest BCUT2D eigenvalue weighted by Gasteiger charge is 2.24. The second-order valence-corrected chi connectivity index (χ2v) is 9.17. The first kappa shape index (κ1) is 25.0. The molecule has 0 spiro atoms. The van der Waals surface area contributed by atoms with E-state index >= 15 is 0 Å². The molecule has 3 aromatic carbocycles. The summed E-state index contributed by atoms with van der Waals surface area (Å²) in [4.78, 5) is 28.0. The molecule has 186 valence electrons. The largest absolute Gasteiger partial charge is 0.457 e. The second-order valence-electron chi connectivity index (χ2n) is 9.17. The molecule has 2 amide bonds. The Morgan fingerprint density at radius 3 is 2.11 bits per heavy atom. The van der Waals surface area contributed by atoms with Crippen molar-refractivity contribution in [2.24, 2.45) is 11.7 Å². The zero-order valence-corrected chi connectivity index (χ0v) is 20.3. The average molecular weight is 485 g/mol. The highest BCUT2D eigenvalue weighted by molar-refractivity contribution is 6.00. The lowest BCUT2D eigenvalue weighted by molar-refractivity contribution is -0.117. The molecule has 1 aliphatic rings. The van der Waals surface area contributed by atoms with Crippen LogP contribution in [-0.2, 0) is 4.79 Å². The highest BCUT2D eigenvalue weighted by Crippen LogP contribution is 2.26. The number of carbonyl (C=O) groups is 2. The lowest BCUT2D eigenvalue weighted by atomic mass is 9.89. The van der Waals surface area contributed by atoms with Crippen LogP contribution in [0.25, 0.3) is 0 Å². The topological polar surface area (TPSA) is 109 Å². The maximum atomic E-state index is 13.5. The summed E-state index contributed by atoms with van der Waals surface area (Å²) in [5, 5.41) is 10.4. The standard InChI is InChI=1S/C29H32N4O3/c30-28(31)22-11-15-24(16-12-22)32-27(34)20-33(19-21-7-3-1-4-8-21)29(35)23-13-17-26(18-14-23)36-25-9-5-2-6-10-25/h2,5-6,9-18,21H,1,3-4,7-8,19-20H2,(H3,30,31)(H,32,34). The van der Waals surface area contributed by atoms with Crippen LogP contribution in [0.15, 0.2) is 78.9 Å². The summed E-state index contributed by atoms with van der Waals surface area (Å²) < 4.78 is 5.84. The van der Waals surface area contributed by atoms with Crippen molar-refractivity contribution < 1.29 is 14.3 Å². The Bertz CT molecular complexity index is 1170. The van der Waals surface area contributed by atoms with Gasteiger partial charge in [-0.1, -0.05) is 37.5 Å². The van der Waals surface area contributed by atoms with Gasteiger partial charge in [0, 0.05) is 23.4 Å². The average Bonchev–Trinajstić information content (AvgIpc) is 2.90. The predicted molar refractivity (Wildman–Crippen MR) is 142 cm³/mol. The van der Waals surface area contributed by atoms with Crippen LogP contribution in [-0.4, -0.2) is 35.6 Å². The first-order valence-corrected chi connectivity index (χ1v) is 12.3. The van der Waals surface area contributed by atoms with Crippen LogP contribution in [0.1, 0.15) is 48.0 Å². The summed E-state index contributed by atoms with van der Waals surface area (Å²) in [6.45, 7) is 0.518. The van der Waals surface area contributed by atoms with Crippen molar-refractivity contribution in [2.75, 3.05) is 18.4 Å². The number of nitrogen functional groups attached to an aromatic ring is 1. The lowest BCUT2D eigenvalue weighted by Gasteiger charge is -2.29. The number of nitrogens with zero attached hydrogens (tertiary/aromatic N) is 1. The Labute approximate surface area is 211 Å². The van der Waals surface area contributed by atoms with Crippen LogP contribution in [0.5, 0.6) is 11.5 Å². The summed E-state index contributed by atoms with van der Waals surface area (Å²) >= 11 is 0. The summed E-state index contributed by atoms with van der Waals surface area (Å²) in [5.74, 6) is 1.29. The molecule has 7 nitrogen and oxygen atoms in total.